The predicted octanol–water partition coefficient (Wildman–Crippen LogP) is 5.13. The van der Waals surface area contributed by atoms with Crippen molar-refractivity contribution in [2.75, 3.05) is 25.1 Å². The molecule has 1 N–H and O–H groups in total. The smallest absolute Gasteiger partial charge is 0.119 e. The van der Waals surface area contributed by atoms with E-state index < -0.39 is 0 Å². The van der Waals surface area contributed by atoms with Gasteiger partial charge < -0.3 is 15.0 Å². The molecule has 1 heterocycles. The van der Waals surface area contributed by atoms with Crippen molar-refractivity contribution in [1.82, 2.24) is 5.32 Å². The van der Waals surface area contributed by atoms with Gasteiger partial charge in [-0.25, -0.2) is 0 Å². The van der Waals surface area contributed by atoms with Crippen LogP contribution in [-0.2, 0) is 13.1 Å². The zero-order chi connectivity index (χ0) is 18.5. The molecule has 0 aliphatic carbocycles. The summed E-state index contributed by atoms with van der Waals surface area (Å²) < 4.78 is 5.30. The Kier molecular flexibility index (Phi) is 5.59. The summed E-state index contributed by atoms with van der Waals surface area (Å²) in [5.41, 5.74) is 4.00. The Bertz CT molecular complexity index is 883. The van der Waals surface area contributed by atoms with Crippen LogP contribution in [0.3, 0.4) is 0 Å². The minimum absolute atomic E-state index is 0.871. The van der Waals surface area contributed by atoms with Crippen molar-refractivity contribution in [1.29, 1.82) is 0 Å². The molecule has 27 heavy (non-hydrogen) atoms. The van der Waals surface area contributed by atoms with Gasteiger partial charge in [0.2, 0.25) is 0 Å². The lowest BCUT2D eigenvalue weighted by Gasteiger charge is -2.28. The van der Waals surface area contributed by atoms with E-state index in [9.17, 15) is 0 Å². The number of nitrogens with zero attached hydrogens (tertiary/aromatic N) is 1. The Hall–Kier alpha value is -2.52. The third-order valence-electron chi connectivity index (χ3n) is 5.43. The van der Waals surface area contributed by atoms with Gasteiger partial charge in [0, 0.05) is 31.9 Å². The summed E-state index contributed by atoms with van der Waals surface area (Å²) in [6.07, 6.45) is 4.02. The molecule has 3 aromatic carbocycles. The minimum atomic E-state index is 0.871. The number of hydrogen-bond acceptors (Lipinski definition) is 3. The van der Waals surface area contributed by atoms with Crippen molar-refractivity contribution in [3.8, 4) is 5.75 Å². The highest BCUT2D eigenvalue weighted by atomic mass is 16.5. The van der Waals surface area contributed by atoms with Crippen molar-refractivity contribution in [3.63, 3.8) is 0 Å². The normalized spacial score (nSPS) is 14.5. The number of nitrogens with one attached hydrogen (secondary N) is 1. The molecule has 3 heteroatoms. The van der Waals surface area contributed by atoms with Crippen LogP contribution in [0.4, 0.5) is 5.69 Å². The number of hydrogen-bond donors (Lipinski definition) is 1. The molecule has 4 rings (SSSR count). The van der Waals surface area contributed by atoms with E-state index in [1.54, 1.807) is 7.11 Å². The topological polar surface area (TPSA) is 24.5 Å². The molecule has 1 aliphatic heterocycles. The van der Waals surface area contributed by atoms with Gasteiger partial charge in [-0.1, -0.05) is 30.3 Å². The molecule has 140 valence electrons. The number of benzene rings is 3. The predicted molar refractivity (Wildman–Crippen MR) is 114 cm³/mol. The molecule has 1 aliphatic rings. The standard InChI is InChI=1S/C24H28N2O/c1-27-24-12-9-21-15-20(5-8-22(21)16-24)18-25-17-19-6-10-23(11-7-19)26-13-3-2-4-14-26/h5-12,15-16,25H,2-4,13-14,17-18H2,1H3. The lowest BCUT2D eigenvalue weighted by molar-refractivity contribution is 0.415. The Balaban J connectivity index is 1.33. The van der Waals surface area contributed by atoms with Gasteiger partial charge in [0.05, 0.1) is 7.11 Å². The summed E-state index contributed by atoms with van der Waals surface area (Å²) in [5, 5.41) is 6.03. The number of fused-ring (bicyclic) bond motifs is 1. The molecule has 3 aromatic rings. The van der Waals surface area contributed by atoms with Gasteiger partial charge in [0.1, 0.15) is 5.75 Å². The molecule has 0 saturated carbocycles. The quantitative estimate of drug-likeness (QED) is 0.660. The van der Waals surface area contributed by atoms with Gasteiger partial charge in [-0.2, -0.15) is 0 Å². The first kappa shape index (κ1) is 17.9. The number of rotatable bonds is 6. The largest absolute Gasteiger partial charge is 0.497 e. The summed E-state index contributed by atoms with van der Waals surface area (Å²) in [6.45, 7) is 4.16. The molecule has 0 spiro atoms. The van der Waals surface area contributed by atoms with Gasteiger partial charge >= 0.3 is 0 Å². The van der Waals surface area contributed by atoms with E-state index in [-0.39, 0.29) is 0 Å². The second kappa shape index (κ2) is 8.45. The average Bonchev–Trinajstić information content (AvgIpc) is 2.74. The first-order valence-corrected chi connectivity index (χ1v) is 9.93. The van der Waals surface area contributed by atoms with Gasteiger partial charge in [-0.3, -0.25) is 0 Å². The summed E-state index contributed by atoms with van der Waals surface area (Å²) in [4.78, 5) is 2.50. The van der Waals surface area contributed by atoms with E-state index in [4.69, 9.17) is 4.74 Å². The number of methoxy groups -OCH3 is 1. The number of anilines is 1. The Morgan fingerprint density at radius 2 is 1.44 bits per heavy atom. The Morgan fingerprint density at radius 1 is 0.778 bits per heavy atom. The molecular weight excluding hydrogens is 332 g/mol. The molecule has 1 saturated heterocycles. The van der Waals surface area contributed by atoms with E-state index in [2.05, 4.69) is 64.8 Å². The van der Waals surface area contributed by atoms with Crippen LogP contribution in [0.25, 0.3) is 10.8 Å². The maximum Gasteiger partial charge on any atom is 0.119 e. The first-order chi connectivity index (χ1) is 13.3. The molecule has 0 unspecified atom stereocenters. The van der Waals surface area contributed by atoms with E-state index in [0.29, 0.717) is 0 Å². The van der Waals surface area contributed by atoms with E-state index in [1.165, 1.54) is 59.9 Å². The molecule has 0 bridgehead atoms. The van der Waals surface area contributed by atoms with Crippen molar-refractivity contribution in [2.45, 2.75) is 32.4 Å². The molecule has 0 atom stereocenters. The first-order valence-electron chi connectivity index (χ1n) is 9.93. The molecular formula is C24H28N2O. The molecule has 0 aromatic heterocycles. The molecule has 3 nitrogen and oxygen atoms in total. The van der Waals surface area contributed by atoms with Gasteiger partial charge in [-0.05, 0) is 71.5 Å². The van der Waals surface area contributed by atoms with Crippen LogP contribution in [0, 0.1) is 0 Å². The fraction of sp³-hybridized carbons (Fsp3) is 0.333. The van der Waals surface area contributed by atoms with Crippen LogP contribution >= 0.6 is 0 Å². The van der Waals surface area contributed by atoms with Crippen molar-refractivity contribution >= 4 is 16.5 Å². The zero-order valence-electron chi connectivity index (χ0n) is 16.1. The number of piperidine rings is 1. The SMILES string of the molecule is COc1ccc2cc(CNCc3ccc(N4CCCCC4)cc3)ccc2c1. The third kappa shape index (κ3) is 4.42. The molecule has 0 amide bonds. The monoisotopic (exact) mass is 360 g/mol. The summed E-state index contributed by atoms with van der Waals surface area (Å²) in [7, 11) is 1.71. The fourth-order valence-corrected chi connectivity index (χ4v) is 3.84. The van der Waals surface area contributed by atoms with E-state index >= 15 is 0 Å². The molecule has 0 radical (unpaired) electrons. The van der Waals surface area contributed by atoms with Crippen molar-refractivity contribution in [3.05, 3.63) is 71.8 Å². The summed E-state index contributed by atoms with van der Waals surface area (Å²) in [6, 6.07) is 21.9. The highest BCUT2D eigenvalue weighted by molar-refractivity contribution is 5.84. The second-order valence-corrected chi connectivity index (χ2v) is 7.37. The summed E-state index contributed by atoms with van der Waals surface area (Å²) >= 11 is 0. The highest BCUT2D eigenvalue weighted by Gasteiger charge is 2.10. The maximum atomic E-state index is 5.30. The van der Waals surface area contributed by atoms with E-state index in [0.717, 1.165) is 18.8 Å². The Morgan fingerprint density at radius 3 is 2.22 bits per heavy atom. The fourth-order valence-electron chi connectivity index (χ4n) is 3.84. The number of ether oxygens (including phenoxy) is 1. The average molecular weight is 361 g/mol. The van der Waals surface area contributed by atoms with Crippen molar-refractivity contribution < 1.29 is 4.74 Å². The van der Waals surface area contributed by atoms with Gasteiger partial charge in [-0.15, -0.1) is 0 Å². The Labute approximate surface area is 162 Å². The van der Waals surface area contributed by atoms with Crippen LogP contribution in [0.15, 0.2) is 60.7 Å². The van der Waals surface area contributed by atoms with Crippen LogP contribution < -0.4 is 15.0 Å². The maximum absolute atomic E-state index is 5.30. The van der Waals surface area contributed by atoms with Gasteiger partial charge in [0.15, 0.2) is 0 Å². The van der Waals surface area contributed by atoms with Crippen LogP contribution in [-0.4, -0.2) is 20.2 Å². The van der Waals surface area contributed by atoms with Crippen LogP contribution in [0.5, 0.6) is 5.75 Å². The third-order valence-corrected chi connectivity index (χ3v) is 5.43. The minimum Gasteiger partial charge on any atom is -0.497 e. The van der Waals surface area contributed by atoms with Crippen LogP contribution in [0.2, 0.25) is 0 Å². The van der Waals surface area contributed by atoms with Crippen LogP contribution in [0.1, 0.15) is 30.4 Å². The van der Waals surface area contributed by atoms with E-state index in [1.807, 2.05) is 6.07 Å². The van der Waals surface area contributed by atoms with Gasteiger partial charge in [0.25, 0.3) is 0 Å². The zero-order valence-corrected chi connectivity index (χ0v) is 16.1. The summed E-state index contributed by atoms with van der Waals surface area (Å²) in [5.74, 6) is 0.904. The van der Waals surface area contributed by atoms with Crippen molar-refractivity contribution in [2.24, 2.45) is 0 Å². The lowest BCUT2D eigenvalue weighted by Crippen LogP contribution is -2.29. The molecule has 1 fully saturated rings. The lowest BCUT2D eigenvalue weighted by atomic mass is 10.1. The second-order valence-electron chi connectivity index (χ2n) is 7.37. The highest BCUT2D eigenvalue weighted by Crippen LogP contribution is 2.22.